The molecule has 1 saturated heterocycles. The largest absolute Gasteiger partial charge is 0.478 e. The van der Waals surface area contributed by atoms with Crippen molar-refractivity contribution >= 4 is 50.6 Å². The van der Waals surface area contributed by atoms with Crippen LogP contribution in [0.15, 0.2) is 47.3 Å². The van der Waals surface area contributed by atoms with E-state index in [1.165, 1.54) is 12.3 Å². The quantitative estimate of drug-likeness (QED) is 0.536. The van der Waals surface area contributed by atoms with Crippen LogP contribution >= 0.6 is 15.9 Å². The molecule has 0 unspecified atom stereocenters. The standard InChI is InChI=1S/C21H20BrN5O4/c1-12-7-15(20(29)25-17-4-2-3-16(22)24-17)27(10-12)18(28)11-26-6-5-13-8-14(21(30)31)9-23-19(13)26/h2-6,8-9,12,15H,7,10-11H2,1H3,(H,30,31)(H,24,25,29)/t12-,15+/m1/s1. The number of carboxylic acid groups (broad SMARTS) is 1. The Kier molecular flexibility index (Phi) is 5.73. The van der Waals surface area contributed by atoms with Crippen molar-refractivity contribution in [2.24, 2.45) is 5.92 Å². The maximum Gasteiger partial charge on any atom is 0.337 e. The molecule has 4 rings (SSSR count). The lowest BCUT2D eigenvalue weighted by atomic mass is 10.1. The summed E-state index contributed by atoms with van der Waals surface area (Å²) < 4.78 is 2.27. The van der Waals surface area contributed by atoms with Crippen LogP contribution in [0.25, 0.3) is 11.0 Å². The number of carbonyl (C=O) groups is 3. The Bertz CT molecular complexity index is 1180. The van der Waals surface area contributed by atoms with E-state index in [1.54, 1.807) is 39.9 Å². The Morgan fingerprint density at radius 3 is 2.84 bits per heavy atom. The van der Waals surface area contributed by atoms with E-state index in [9.17, 15) is 14.4 Å². The van der Waals surface area contributed by atoms with Crippen molar-refractivity contribution in [1.82, 2.24) is 19.4 Å². The van der Waals surface area contributed by atoms with Crippen LogP contribution in [0.4, 0.5) is 5.82 Å². The van der Waals surface area contributed by atoms with E-state index in [0.717, 1.165) is 0 Å². The summed E-state index contributed by atoms with van der Waals surface area (Å²) in [6.07, 6.45) is 3.53. The van der Waals surface area contributed by atoms with Crippen LogP contribution in [0.1, 0.15) is 23.7 Å². The summed E-state index contributed by atoms with van der Waals surface area (Å²) in [6.45, 7) is 2.50. The molecule has 2 atom stereocenters. The third-order valence-corrected chi connectivity index (χ3v) is 5.70. The SMILES string of the molecule is C[C@@H]1C[C@@H](C(=O)Nc2cccc(Br)n2)N(C(=O)Cn2ccc3cc(C(=O)O)cnc32)C1. The smallest absolute Gasteiger partial charge is 0.337 e. The van der Waals surface area contributed by atoms with Gasteiger partial charge in [0.25, 0.3) is 0 Å². The average molecular weight is 486 g/mol. The van der Waals surface area contributed by atoms with Crippen molar-refractivity contribution in [3.8, 4) is 0 Å². The van der Waals surface area contributed by atoms with Crippen LogP contribution in [0, 0.1) is 5.92 Å². The van der Waals surface area contributed by atoms with Crippen molar-refractivity contribution in [3.05, 3.63) is 52.9 Å². The predicted octanol–water partition coefficient (Wildman–Crippen LogP) is 2.77. The summed E-state index contributed by atoms with van der Waals surface area (Å²) in [5, 5.41) is 12.5. The molecule has 0 spiro atoms. The van der Waals surface area contributed by atoms with Gasteiger partial charge in [0.1, 0.15) is 28.7 Å². The fourth-order valence-electron chi connectivity index (χ4n) is 3.82. The molecule has 0 radical (unpaired) electrons. The second-order valence-electron chi connectivity index (χ2n) is 7.62. The highest BCUT2D eigenvalue weighted by Crippen LogP contribution is 2.25. The number of amides is 2. The zero-order chi connectivity index (χ0) is 22.1. The Balaban J connectivity index is 1.51. The van der Waals surface area contributed by atoms with Gasteiger partial charge < -0.3 is 19.9 Å². The fraction of sp³-hybridized carbons (Fsp3) is 0.286. The number of aromatic nitrogens is 3. The average Bonchev–Trinajstić information content (AvgIpc) is 3.31. The molecule has 0 aliphatic carbocycles. The van der Waals surface area contributed by atoms with Gasteiger partial charge in [-0.1, -0.05) is 13.0 Å². The molecule has 10 heteroatoms. The van der Waals surface area contributed by atoms with Gasteiger partial charge >= 0.3 is 5.97 Å². The lowest BCUT2D eigenvalue weighted by Crippen LogP contribution is -2.44. The molecule has 1 aliphatic rings. The number of nitrogens with zero attached hydrogens (tertiary/aromatic N) is 4. The minimum Gasteiger partial charge on any atom is -0.478 e. The topological polar surface area (TPSA) is 117 Å². The van der Waals surface area contributed by atoms with Crippen molar-refractivity contribution in [2.45, 2.75) is 25.9 Å². The summed E-state index contributed by atoms with van der Waals surface area (Å²) in [7, 11) is 0. The van der Waals surface area contributed by atoms with Gasteiger partial charge in [-0.15, -0.1) is 0 Å². The molecule has 31 heavy (non-hydrogen) atoms. The highest BCUT2D eigenvalue weighted by molar-refractivity contribution is 9.10. The predicted molar refractivity (Wildman–Crippen MR) is 117 cm³/mol. The molecule has 0 saturated carbocycles. The second kappa shape index (κ2) is 8.46. The lowest BCUT2D eigenvalue weighted by Gasteiger charge is -2.24. The van der Waals surface area contributed by atoms with Gasteiger partial charge in [-0.3, -0.25) is 9.59 Å². The summed E-state index contributed by atoms with van der Waals surface area (Å²) in [4.78, 5) is 47.1. The van der Waals surface area contributed by atoms with Gasteiger partial charge in [0.05, 0.1) is 5.56 Å². The van der Waals surface area contributed by atoms with Crippen LogP contribution < -0.4 is 5.32 Å². The fourth-order valence-corrected chi connectivity index (χ4v) is 4.16. The number of hydrogen-bond donors (Lipinski definition) is 2. The molecule has 3 aromatic rings. The van der Waals surface area contributed by atoms with E-state index in [4.69, 9.17) is 5.11 Å². The number of rotatable bonds is 5. The third-order valence-electron chi connectivity index (χ3n) is 5.25. The maximum atomic E-state index is 13.1. The minimum absolute atomic E-state index is 0.00849. The monoisotopic (exact) mass is 485 g/mol. The first-order valence-corrected chi connectivity index (χ1v) is 10.5. The molecule has 9 nitrogen and oxygen atoms in total. The first-order valence-electron chi connectivity index (χ1n) is 9.73. The first kappa shape index (κ1) is 21.0. The molecule has 3 aromatic heterocycles. The molecule has 1 fully saturated rings. The van der Waals surface area contributed by atoms with Gasteiger partial charge in [-0.2, -0.15) is 0 Å². The van der Waals surface area contributed by atoms with Crippen molar-refractivity contribution in [2.75, 3.05) is 11.9 Å². The van der Waals surface area contributed by atoms with E-state index in [2.05, 4.69) is 31.2 Å². The van der Waals surface area contributed by atoms with E-state index < -0.39 is 12.0 Å². The van der Waals surface area contributed by atoms with Gasteiger partial charge in [-0.05, 0) is 52.5 Å². The van der Waals surface area contributed by atoms with Crippen molar-refractivity contribution < 1.29 is 19.5 Å². The number of fused-ring (bicyclic) bond motifs is 1. The molecule has 1 aliphatic heterocycles. The number of hydrogen-bond acceptors (Lipinski definition) is 5. The summed E-state index contributed by atoms with van der Waals surface area (Å²) in [5.74, 6) is -0.926. The third kappa shape index (κ3) is 4.43. The molecule has 0 bridgehead atoms. The zero-order valence-electron chi connectivity index (χ0n) is 16.7. The Morgan fingerprint density at radius 1 is 1.29 bits per heavy atom. The van der Waals surface area contributed by atoms with Crippen LogP contribution in [-0.2, 0) is 16.1 Å². The minimum atomic E-state index is -1.06. The van der Waals surface area contributed by atoms with Crippen molar-refractivity contribution in [1.29, 1.82) is 0 Å². The summed E-state index contributed by atoms with van der Waals surface area (Å²) >= 11 is 3.28. The zero-order valence-corrected chi connectivity index (χ0v) is 18.2. The number of likely N-dealkylation sites (tertiary alicyclic amines) is 1. The molecule has 2 N–H and O–H groups in total. The van der Waals surface area contributed by atoms with Crippen LogP contribution in [-0.4, -0.2) is 54.9 Å². The number of carboxylic acids is 1. The summed E-state index contributed by atoms with van der Waals surface area (Å²) in [6, 6.07) is 7.88. The Hall–Kier alpha value is -3.27. The Morgan fingerprint density at radius 2 is 2.10 bits per heavy atom. The van der Waals surface area contributed by atoms with Gasteiger partial charge in [0.15, 0.2) is 0 Å². The second-order valence-corrected chi connectivity index (χ2v) is 8.44. The van der Waals surface area contributed by atoms with Gasteiger partial charge in [0, 0.05) is 24.3 Å². The van der Waals surface area contributed by atoms with Crippen LogP contribution in [0.3, 0.4) is 0 Å². The van der Waals surface area contributed by atoms with E-state index >= 15 is 0 Å². The van der Waals surface area contributed by atoms with Gasteiger partial charge in [0.2, 0.25) is 11.8 Å². The molecular weight excluding hydrogens is 466 g/mol. The van der Waals surface area contributed by atoms with Crippen LogP contribution in [0.5, 0.6) is 0 Å². The molecule has 160 valence electrons. The normalized spacial score (nSPS) is 18.3. The maximum absolute atomic E-state index is 13.1. The van der Waals surface area contributed by atoms with Crippen molar-refractivity contribution in [3.63, 3.8) is 0 Å². The highest BCUT2D eigenvalue weighted by atomic mass is 79.9. The van der Waals surface area contributed by atoms with Gasteiger partial charge in [-0.25, -0.2) is 14.8 Å². The molecule has 0 aromatic carbocycles. The van der Waals surface area contributed by atoms with Crippen LogP contribution in [0.2, 0.25) is 0 Å². The number of anilines is 1. The lowest BCUT2D eigenvalue weighted by molar-refractivity contribution is -0.137. The van der Waals surface area contributed by atoms with E-state index in [0.29, 0.717) is 34.4 Å². The number of nitrogens with one attached hydrogen (secondary N) is 1. The first-order chi connectivity index (χ1) is 14.8. The number of halogens is 1. The highest BCUT2D eigenvalue weighted by Gasteiger charge is 2.38. The number of aromatic carboxylic acids is 1. The molecular formula is C21H20BrN5O4. The van der Waals surface area contributed by atoms with E-state index in [1.807, 2.05) is 6.92 Å². The number of pyridine rings is 2. The Labute approximate surface area is 186 Å². The van der Waals surface area contributed by atoms with E-state index in [-0.39, 0.29) is 29.8 Å². The molecule has 2 amide bonds. The molecule has 4 heterocycles. The number of carbonyl (C=O) groups excluding carboxylic acids is 2. The summed E-state index contributed by atoms with van der Waals surface area (Å²) in [5.41, 5.74) is 0.604.